The molecule has 5 rings (SSSR count). The molecular formula is C28H27F6N5O. The summed E-state index contributed by atoms with van der Waals surface area (Å²) in [4.78, 5) is 27.7. The van der Waals surface area contributed by atoms with Crippen LogP contribution in [0.3, 0.4) is 0 Å². The van der Waals surface area contributed by atoms with Crippen LogP contribution in [0.15, 0.2) is 67.1 Å². The monoisotopic (exact) mass is 563 g/mol. The van der Waals surface area contributed by atoms with Crippen molar-refractivity contribution in [3.8, 4) is 0 Å². The molecule has 40 heavy (non-hydrogen) atoms. The van der Waals surface area contributed by atoms with Crippen molar-refractivity contribution in [1.29, 1.82) is 0 Å². The molecule has 0 aliphatic carbocycles. The number of piperazine rings is 1. The SMILES string of the molecule is O=C(c1cc(C(F)(F)F)cc(C(F)(F)F)c1)N1CC[C@H](N2CCN(c3cnccn3)CC2)[C@H](c2ccccc2)C1. The molecule has 2 aliphatic heterocycles. The maximum Gasteiger partial charge on any atom is 0.416 e. The number of benzene rings is 2. The number of halogens is 6. The summed E-state index contributed by atoms with van der Waals surface area (Å²) in [5.41, 5.74) is -2.66. The van der Waals surface area contributed by atoms with Crippen LogP contribution in [0, 0.1) is 0 Å². The van der Waals surface area contributed by atoms with E-state index in [1.807, 2.05) is 30.3 Å². The zero-order chi connectivity index (χ0) is 28.5. The number of alkyl halides is 6. The Hall–Kier alpha value is -3.67. The van der Waals surface area contributed by atoms with E-state index in [9.17, 15) is 31.1 Å². The smallest absolute Gasteiger partial charge is 0.353 e. The summed E-state index contributed by atoms with van der Waals surface area (Å²) in [6.45, 7) is 3.32. The van der Waals surface area contributed by atoms with Crippen LogP contribution >= 0.6 is 0 Å². The molecule has 2 fully saturated rings. The molecular weight excluding hydrogens is 536 g/mol. The number of carbonyl (C=O) groups is 1. The highest BCUT2D eigenvalue weighted by Crippen LogP contribution is 2.38. The number of amides is 1. The molecule has 6 nitrogen and oxygen atoms in total. The van der Waals surface area contributed by atoms with Crippen molar-refractivity contribution < 1.29 is 31.1 Å². The van der Waals surface area contributed by atoms with Crippen molar-refractivity contribution in [1.82, 2.24) is 19.8 Å². The Morgan fingerprint density at radius 3 is 2.05 bits per heavy atom. The molecule has 2 aromatic carbocycles. The molecule has 0 spiro atoms. The van der Waals surface area contributed by atoms with E-state index in [1.54, 1.807) is 18.6 Å². The van der Waals surface area contributed by atoms with E-state index >= 15 is 0 Å². The predicted molar refractivity (Wildman–Crippen MR) is 136 cm³/mol. The third-order valence-electron chi connectivity index (χ3n) is 7.58. The van der Waals surface area contributed by atoms with Crippen LogP contribution < -0.4 is 4.90 Å². The highest BCUT2D eigenvalue weighted by atomic mass is 19.4. The number of rotatable bonds is 4. The van der Waals surface area contributed by atoms with Gasteiger partial charge in [-0.15, -0.1) is 0 Å². The summed E-state index contributed by atoms with van der Waals surface area (Å²) in [6, 6.07) is 10.6. The fourth-order valence-corrected chi connectivity index (χ4v) is 5.59. The van der Waals surface area contributed by atoms with Crippen molar-refractivity contribution in [2.75, 3.05) is 44.2 Å². The lowest BCUT2D eigenvalue weighted by molar-refractivity contribution is -0.143. The first kappa shape index (κ1) is 27.9. The third-order valence-corrected chi connectivity index (χ3v) is 7.58. The standard InChI is InChI=1S/C28H27F6N5O/c29-27(30,31)21-14-20(15-22(16-21)28(32,33)34)26(40)39-9-6-24(23(18-39)19-4-2-1-3-5-19)37-10-12-38(13-11-37)25-17-35-7-8-36-25/h1-5,7-8,14-17,23-24H,6,9-13,18H2/t23-,24-/m0/s1. The Morgan fingerprint density at radius 1 is 0.825 bits per heavy atom. The zero-order valence-electron chi connectivity index (χ0n) is 21.4. The van der Waals surface area contributed by atoms with E-state index in [0.29, 0.717) is 18.6 Å². The summed E-state index contributed by atoms with van der Waals surface area (Å²) in [5.74, 6) is -0.222. The van der Waals surface area contributed by atoms with Crippen molar-refractivity contribution in [2.45, 2.75) is 30.7 Å². The second-order valence-corrected chi connectivity index (χ2v) is 10.0. The van der Waals surface area contributed by atoms with Gasteiger partial charge in [-0.1, -0.05) is 30.3 Å². The van der Waals surface area contributed by atoms with Crippen molar-refractivity contribution in [2.24, 2.45) is 0 Å². The number of hydrogen-bond acceptors (Lipinski definition) is 5. The lowest BCUT2D eigenvalue weighted by Crippen LogP contribution is -2.56. The fraction of sp³-hybridized carbons (Fsp3) is 0.393. The van der Waals surface area contributed by atoms with Gasteiger partial charge in [0.05, 0.1) is 17.3 Å². The Balaban J connectivity index is 1.37. The van der Waals surface area contributed by atoms with Crippen molar-refractivity contribution in [3.63, 3.8) is 0 Å². The summed E-state index contributed by atoms with van der Waals surface area (Å²) < 4.78 is 80.5. The molecule has 0 unspecified atom stereocenters. The van der Waals surface area contributed by atoms with Crippen molar-refractivity contribution >= 4 is 11.7 Å². The zero-order valence-corrected chi connectivity index (χ0v) is 21.4. The van der Waals surface area contributed by atoms with E-state index < -0.39 is 35.0 Å². The van der Waals surface area contributed by atoms with Crippen LogP contribution in [0.4, 0.5) is 32.2 Å². The topological polar surface area (TPSA) is 52.6 Å². The first-order valence-electron chi connectivity index (χ1n) is 12.9. The lowest BCUT2D eigenvalue weighted by atomic mass is 9.84. The quantitative estimate of drug-likeness (QED) is 0.402. The second kappa shape index (κ2) is 11.1. The molecule has 3 aromatic rings. The minimum Gasteiger partial charge on any atom is -0.353 e. The predicted octanol–water partition coefficient (Wildman–Crippen LogP) is 5.33. The van der Waals surface area contributed by atoms with E-state index in [0.717, 1.165) is 37.6 Å². The number of nitrogens with zero attached hydrogens (tertiary/aromatic N) is 5. The molecule has 2 atom stereocenters. The molecule has 0 saturated carbocycles. The van der Waals surface area contributed by atoms with Gasteiger partial charge in [0, 0.05) is 69.2 Å². The van der Waals surface area contributed by atoms with Crippen molar-refractivity contribution in [3.05, 3.63) is 89.4 Å². The van der Waals surface area contributed by atoms with Gasteiger partial charge in [0.2, 0.25) is 0 Å². The van der Waals surface area contributed by atoms with Crippen LogP contribution in [0.2, 0.25) is 0 Å². The molecule has 2 aliphatic rings. The molecule has 1 aromatic heterocycles. The van der Waals surface area contributed by atoms with Gasteiger partial charge in [-0.2, -0.15) is 26.3 Å². The largest absolute Gasteiger partial charge is 0.416 e. The van der Waals surface area contributed by atoms with E-state index in [4.69, 9.17) is 0 Å². The third kappa shape index (κ3) is 6.06. The minimum atomic E-state index is -5.02. The summed E-state index contributed by atoms with van der Waals surface area (Å²) in [6.07, 6.45) is -4.55. The van der Waals surface area contributed by atoms with Crippen LogP contribution in [-0.2, 0) is 12.4 Å². The Labute approximate surface area is 227 Å². The number of piperidine rings is 1. The molecule has 1 amide bonds. The fourth-order valence-electron chi connectivity index (χ4n) is 5.59. The van der Waals surface area contributed by atoms with Gasteiger partial charge in [-0.3, -0.25) is 14.7 Å². The molecule has 212 valence electrons. The highest BCUT2D eigenvalue weighted by Gasteiger charge is 2.40. The molecule has 0 N–H and O–H groups in total. The van der Waals surface area contributed by atoms with E-state index in [2.05, 4.69) is 19.8 Å². The van der Waals surface area contributed by atoms with Crippen LogP contribution in [0.5, 0.6) is 0 Å². The maximum absolute atomic E-state index is 13.4. The maximum atomic E-state index is 13.4. The average molecular weight is 564 g/mol. The van der Waals surface area contributed by atoms with Gasteiger partial charge in [-0.25, -0.2) is 4.98 Å². The van der Waals surface area contributed by atoms with E-state index in [-0.39, 0.29) is 31.1 Å². The summed E-state index contributed by atoms with van der Waals surface area (Å²) in [7, 11) is 0. The van der Waals surface area contributed by atoms with Gasteiger partial charge in [0.1, 0.15) is 5.82 Å². The number of hydrogen-bond donors (Lipinski definition) is 0. The number of aromatic nitrogens is 2. The van der Waals surface area contributed by atoms with E-state index in [1.165, 1.54) is 4.90 Å². The molecule has 2 saturated heterocycles. The first-order chi connectivity index (χ1) is 19.0. The first-order valence-corrected chi connectivity index (χ1v) is 12.9. The van der Waals surface area contributed by atoms with Gasteiger partial charge < -0.3 is 9.80 Å². The number of anilines is 1. The molecule has 0 radical (unpaired) electrons. The Morgan fingerprint density at radius 2 is 1.48 bits per heavy atom. The average Bonchev–Trinajstić information content (AvgIpc) is 2.96. The summed E-state index contributed by atoms with van der Waals surface area (Å²) >= 11 is 0. The Kier molecular flexibility index (Phi) is 7.72. The van der Waals surface area contributed by atoms with Gasteiger partial charge >= 0.3 is 12.4 Å². The van der Waals surface area contributed by atoms with Gasteiger partial charge in [-0.05, 0) is 30.2 Å². The summed E-state index contributed by atoms with van der Waals surface area (Å²) in [5, 5.41) is 0. The second-order valence-electron chi connectivity index (χ2n) is 10.0. The van der Waals surface area contributed by atoms with Crippen LogP contribution in [0.1, 0.15) is 39.4 Å². The number of likely N-dealkylation sites (tertiary alicyclic amines) is 1. The van der Waals surface area contributed by atoms with Gasteiger partial charge in [0.25, 0.3) is 5.91 Å². The van der Waals surface area contributed by atoms with Gasteiger partial charge in [0.15, 0.2) is 0 Å². The Bertz CT molecular complexity index is 1280. The normalized spacial score (nSPS) is 20.9. The van der Waals surface area contributed by atoms with Crippen LogP contribution in [0.25, 0.3) is 0 Å². The molecule has 12 heteroatoms. The molecule has 3 heterocycles. The lowest BCUT2D eigenvalue weighted by Gasteiger charge is -2.47. The number of carbonyl (C=O) groups excluding carboxylic acids is 1. The molecule has 0 bridgehead atoms. The highest BCUT2D eigenvalue weighted by molar-refractivity contribution is 5.95. The minimum absolute atomic E-state index is 0.0382. The van der Waals surface area contributed by atoms with Crippen LogP contribution in [-0.4, -0.2) is 71.0 Å².